The number of aromatic nitrogens is 5. The first-order chi connectivity index (χ1) is 22.1. The Morgan fingerprint density at radius 2 is 1.09 bits per heavy atom. The molecule has 0 unspecified atom stereocenters. The molecule has 0 atom stereocenters. The number of benzene rings is 5. The largest absolute Gasteiger partial charge is 0.317 e. The Morgan fingerprint density at radius 3 is 1.73 bits per heavy atom. The molecular weight excluding hydrogens is 550 g/mol. The van der Waals surface area contributed by atoms with Crippen LogP contribution in [-0.4, -0.2) is 24.1 Å². The average Bonchev–Trinajstić information content (AvgIpc) is 3.71. The van der Waals surface area contributed by atoms with E-state index in [0.29, 0.717) is 17.5 Å². The molecule has 8 aromatic rings. The predicted octanol–water partition coefficient (Wildman–Crippen LogP) is 9.40. The van der Waals surface area contributed by atoms with Gasteiger partial charge in [-0.15, -0.1) is 0 Å². The highest BCUT2D eigenvalue weighted by Gasteiger charge is 2.39. The van der Waals surface area contributed by atoms with Crippen LogP contribution in [0.2, 0.25) is 0 Å². The Kier molecular flexibility index (Phi) is 5.47. The van der Waals surface area contributed by atoms with Crippen LogP contribution in [0.15, 0.2) is 140 Å². The lowest BCUT2D eigenvalue weighted by Crippen LogP contribution is -2.16. The molecule has 214 valence electrons. The van der Waals surface area contributed by atoms with Crippen molar-refractivity contribution in [3.8, 4) is 45.5 Å². The molecule has 0 saturated carbocycles. The van der Waals surface area contributed by atoms with E-state index in [1.54, 1.807) is 0 Å². The van der Waals surface area contributed by atoms with Gasteiger partial charge in [-0.25, -0.2) is 15.0 Å². The molecule has 4 heterocycles. The van der Waals surface area contributed by atoms with Crippen LogP contribution in [0.5, 0.6) is 0 Å². The Hall–Kier alpha value is -5.81. The first-order valence-corrected chi connectivity index (χ1v) is 15.3. The van der Waals surface area contributed by atoms with E-state index in [-0.39, 0.29) is 5.41 Å². The fourth-order valence-corrected chi connectivity index (χ4v) is 7.04. The van der Waals surface area contributed by atoms with E-state index < -0.39 is 0 Å². The second-order valence-corrected chi connectivity index (χ2v) is 12.2. The van der Waals surface area contributed by atoms with Crippen molar-refractivity contribution in [3.63, 3.8) is 0 Å². The van der Waals surface area contributed by atoms with Gasteiger partial charge in [-0.2, -0.15) is 0 Å². The zero-order valence-electron chi connectivity index (χ0n) is 25.0. The lowest BCUT2D eigenvalue weighted by Gasteiger charge is -2.20. The molecule has 0 bridgehead atoms. The van der Waals surface area contributed by atoms with Crippen LogP contribution in [0.1, 0.15) is 25.1 Å². The molecule has 1 aliphatic heterocycles. The van der Waals surface area contributed by atoms with Crippen LogP contribution in [0.3, 0.4) is 0 Å². The van der Waals surface area contributed by atoms with E-state index in [9.17, 15) is 0 Å². The summed E-state index contributed by atoms with van der Waals surface area (Å²) in [4.78, 5) is 14.9. The fraction of sp³-hybridized carbons (Fsp3) is 0.0750. The molecular formula is C40H29N5. The average molecular weight is 580 g/mol. The molecule has 45 heavy (non-hydrogen) atoms. The predicted molar refractivity (Wildman–Crippen MR) is 182 cm³/mol. The third-order valence-electron chi connectivity index (χ3n) is 9.13. The van der Waals surface area contributed by atoms with Gasteiger partial charge in [-0.05, 0) is 42.0 Å². The first-order valence-electron chi connectivity index (χ1n) is 15.3. The quantitative estimate of drug-likeness (QED) is 0.209. The van der Waals surface area contributed by atoms with Gasteiger partial charge in [0.2, 0.25) is 0 Å². The van der Waals surface area contributed by atoms with Crippen molar-refractivity contribution in [2.24, 2.45) is 0 Å². The Bertz CT molecular complexity index is 2330. The van der Waals surface area contributed by atoms with E-state index >= 15 is 0 Å². The van der Waals surface area contributed by atoms with Crippen LogP contribution >= 0.6 is 0 Å². The third kappa shape index (κ3) is 3.84. The third-order valence-corrected chi connectivity index (χ3v) is 9.13. The van der Waals surface area contributed by atoms with Crippen molar-refractivity contribution in [1.29, 1.82) is 0 Å². The molecule has 5 aromatic carbocycles. The summed E-state index contributed by atoms with van der Waals surface area (Å²) in [6.45, 7) is 4.67. The van der Waals surface area contributed by atoms with Crippen LogP contribution in [0, 0.1) is 0 Å². The van der Waals surface area contributed by atoms with Gasteiger partial charge in [-0.1, -0.05) is 111 Å². The molecule has 0 amide bonds. The standard InChI is InChI=1S/C40H29N5/c1-40(2)32-20-12-13-21-34(32)44-25-31-30-24-28(22-23-33(30)45(35(31)36(40)44)29-18-10-5-11-19-29)39-42-37(26-14-6-3-7-15-26)41-38(43-39)27-16-8-4-9-17-27/h3-25H,1-2H3. The Morgan fingerprint density at radius 1 is 0.533 bits per heavy atom. The summed E-state index contributed by atoms with van der Waals surface area (Å²) in [5, 5.41) is 2.39. The summed E-state index contributed by atoms with van der Waals surface area (Å²) in [6.07, 6.45) is 2.32. The molecule has 0 N–H and O–H groups in total. The molecule has 3 aromatic heterocycles. The van der Waals surface area contributed by atoms with Crippen LogP contribution in [-0.2, 0) is 5.41 Å². The van der Waals surface area contributed by atoms with E-state index in [0.717, 1.165) is 27.9 Å². The van der Waals surface area contributed by atoms with Crippen LogP contribution in [0.4, 0.5) is 0 Å². The zero-order valence-corrected chi connectivity index (χ0v) is 25.0. The number of hydrogen-bond donors (Lipinski definition) is 0. The molecule has 5 nitrogen and oxygen atoms in total. The number of nitrogens with zero attached hydrogens (tertiary/aromatic N) is 5. The lowest BCUT2D eigenvalue weighted by atomic mass is 9.83. The zero-order chi connectivity index (χ0) is 30.1. The minimum Gasteiger partial charge on any atom is -0.317 e. The van der Waals surface area contributed by atoms with Gasteiger partial charge in [0.25, 0.3) is 0 Å². The first kappa shape index (κ1) is 25.7. The maximum absolute atomic E-state index is 5.02. The summed E-state index contributed by atoms with van der Waals surface area (Å²) < 4.78 is 4.82. The monoisotopic (exact) mass is 579 g/mol. The maximum Gasteiger partial charge on any atom is 0.164 e. The van der Waals surface area contributed by atoms with Gasteiger partial charge in [0.05, 0.1) is 16.7 Å². The SMILES string of the molecule is CC1(C)c2ccccc2-n2cc3c4cc(-c5nc(-c6ccccc6)nc(-c6ccccc6)n5)ccc4n(-c4ccccc4)c3c21. The number of fused-ring (bicyclic) bond motifs is 7. The van der Waals surface area contributed by atoms with E-state index in [1.165, 1.54) is 33.2 Å². The Balaban J connectivity index is 1.32. The molecule has 0 fully saturated rings. The highest BCUT2D eigenvalue weighted by atomic mass is 15.1. The minimum absolute atomic E-state index is 0.161. The van der Waals surface area contributed by atoms with Gasteiger partial charge in [-0.3, -0.25) is 0 Å². The molecule has 9 rings (SSSR count). The summed E-state index contributed by atoms with van der Waals surface area (Å²) in [6, 6.07) is 46.3. The van der Waals surface area contributed by atoms with E-state index in [2.05, 4.69) is 102 Å². The van der Waals surface area contributed by atoms with Crippen molar-refractivity contribution in [1.82, 2.24) is 24.1 Å². The molecule has 0 spiro atoms. The summed E-state index contributed by atoms with van der Waals surface area (Å²) in [5.41, 5.74) is 10.1. The summed E-state index contributed by atoms with van der Waals surface area (Å²) in [7, 11) is 0. The Labute approximate surface area is 261 Å². The van der Waals surface area contributed by atoms with Crippen molar-refractivity contribution in [2.75, 3.05) is 0 Å². The van der Waals surface area contributed by atoms with Crippen molar-refractivity contribution in [3.05, 3.63) is 151 Å². The smallest absolute Gasteiger partial charge is 0.164 e. The molecule has 0 aliphatic carbocycles. The van der Waals surface area contributed by atoms with Gasteiger partial charge in [0, 0.05) is 50.4 Å². The highest BCUT2D eigenvalue weighted by molar-refractivity contribution is 6.12. The van der Waals surface area contributed by atoms with E-state index in [1.807, 2.05) is 60.7 Å². The molecule has 1 aliphatic rings. The van der Waals surface area contributed by atoms with Gasteiger partial charge < -0.3 is 9.13 Å². The lowest BCUT2D eigenvalue weighted by molar-refractivity contribution is 0.646. The molecule has 5 heteroatoms. The van der Waals surface area contributed by atoms with Crippen molar-refractivity contribution < 1.29 is 0 Å². The van der Waals surface area contributed by atoms with E-state index in [4.69, 9.17) is 15.0 Å². The van der Waals surface area contributed by atoms with Crippen molar-refractivity contribution >= 4 is 21.8 Å². The summed E-state index contributed by atoms with van der Waals surface area (Å²) >= 11 is 0. The number of rotatable bonds is 4. The molecule has 0 radical (unpaired) electrons. The highest BCUT2D eigenvalue weighted by Crippen LogP contribution is 2.49. The number of para-hydroxylation sites is 2. The number of hydrogen-bond acceptors (Lipinski definition) is 3. The van der Waals surface area contributed by atoms with Gasteiger partial charge >= 0.3 is 0 Å². The second kappa shape index (κ2) is 9.60. The fourth-order valence-electron chi connectivity index (χ4n) is 7.04. The van der Waals surface area contributed by atoms with Gasteiger partial charge in [0.15, 0.2) is 17.5 Å². The van der Waals surface area contributed by atoms with Crippen LogP contribution < -0.4 is 0 Å². The van der Waals surface area contributed by atoms with Crippen molar-refractivity contribution in [2.45, 2.75) is 19.3 Å². The maximum atomic E-state index is 5.02. The normalized spacial score (nSPS) is 13.3. The van der Waals surface area contributed by atoms with Crippen LogP contribution in [0.25, 0.3) is 67.3 Å². The van der Waals surface area contributed by atoms with Gasteiger partial charge in [0.1, 0.15) is 0 Å². The second-order valence-electron chi connectivity index (χ2n) is 12.2. The summed E-state index contributed by atoms with van der Waals surface area (Å²) in [5.74, 6) is 1.98. The molecule has 0 saturated heterocycles. The minimum atomic E-state index is -0.161. The topological polar surface area (TPSA) is 48.5 Å².